The summed E-state index contributed by atoms with van der Waals surface area (Å²) in [6.07, 6.45) is -1.08. The molecule has 0 unspecified atom stereocenters. The van der Waals surface area contributed by atoms with E-state index in [1.165, 1.54) is 6.92 Å². The summed E-state index contributed by atoms with van der Waals surface area (Å²) >= 11 is 0. The highest BCUT2D eigenvalue weighted by atomic mass is 16.5. The molecule has 0 fully saturated rings. The molecule has 3 aromatic rings. The fraction of sp³-hybridized carbons (Fsp3) is 0.160. The summed E-state index contributed by atoms with van der Waals surface area (Å²) in [7, 11) is 1.55. The summed E-state index contributed by atoms with van der Waals surface area (Å²) in [6, 6.07) is 23.0. The second-order valence-electron chi connectivity index (χ2n) is 6.98. The van der Waals surface area contributed by atoms with Gasteiger partial charge in [0.15, 0.2) is 12.1 Å². The van der Waals surface area contributed by atoms with Crippen molar-refractivity contribution in [2.24, 2.45) is 0 Å². The van der Waals surface area contributed by atoms with E-state index in [2.05, 4.69) is 10.6 Å². The Hall–Kier alpha value is -4.13. The molecule has 0 spiro atoms. The fourth-order valence-electron chi connectivity index (χ4n) is 2.94. The largest absolute Gasteiger partial charge is 0.497 e. The number of esters is 1. The lowest BCUT2D eigenvalue weighted by Gasteiger charge is -2.21. The van der Waals surface area contributed by atoms with E-state index in [0.717, 1.165) is 0 Å². The summed E-state index contributed by atoms with van der Waals surface area (Å²) in [6.45, 7) is 1.47. The number of amides is 2. The Labute approximate surface area is 186 Å². The lowest BCUT2D eigenvalue weighted by molar-refractivity contribution is -0.155. The van der Waals surface area contributed by atoms with Crippen LogP contribution in [0.3, 0.4) is 0 Å². The normalized spacial score (nSPS) is 12.2. The van der Waals surface area contributed by atoms with Gasteiger partial charge in [0.1, 0.15) is 5.75 Å². The zero-order chi connectivity index (χ0) is 22.9. The van der Waals surface area contributed by atoms with Crippen LogP contribution in [0.5, 0.6) is 5.75 Å². The van der Waals surface area contributed by atoms with Gasteiger partial charge in [-0.15, -0.1) is 0 Å². The molecule has 0 aliphatic rings. The molecule has 7 heteroatoms. The molecule has 2 atom stereocenters. The zero-order valence-corrected chi connectivity index (χ0v) is 17.8. The SMILES string of the molecule is COc1ccc(NC(=O)[C@H](C)OC(=O)[C@@H](NC(=O)c2ccccc2)c2ccccc2)cc1. The molecule has 0 aliphatic heterocycles. The molecule has 3 rings (SSSR count). The average molecular weight is 432 g/mol. The van der Waals surface area contributed by atoms with Crippen molar-refractivity contribution >= 4 is 23.5 Å². The maximum absolute atomic E-state index is 12.9. The quantitative estimate of drug-likeness (QED) is 0.529. The smallest absolute Gasteiger partial charge is 0.334 e. The number of hydrogen-bond acceptors (Lipinski definition) is 5. The molecular formula is C25H24N2O5. The molecular weight excluding hydrogens is 408 g/mol. The van der Waals surface area contributed by atoms with Crippen LogP contribution >= 0.6 is 0 Å². The first kappa shape index (κ1) is 22.6. The van der Waals surface area contributed by atoms with Crippen LogP contribution in [0, 0.1) is 0 Å². The summed E-state index contributed by atoms with van der Waals surface area (Å²) in [4.78, 5) is 38.1. The van der Waals surface area contributed by atoms with Crippen molar-refractivity contribution in [1.82, 2.24) is 5.32 Å². The Morgan fingerprint density at radius 3 is 2.00 bits per heavy atom. The first-order valence-electron chi connectivity index (χ1n) is 10.0. The van der Waals surface area contributed by atoms with Gasteiger partial charge in [-0.25, -0.2) is 4.79 Å². The number of ether oxygens (including phenoxy) is 2. The van der Waals surface area contributed by atoms with E-state index in [4.69, 9.17) is 9.47 Å². The number of benzene rings is 3. The zero-order valence-electron chi connectivity index (χ0n) is 17.8. The van der Waals surface area contributed by atoms with Crippen LogP contribution in [-0.4, -0.2) is 31.0 Å². The number of rotatable bonds is 8. The van der Waals surface area contributed by atoms with E-state index in [1.54, 1.807) is 92.0 Å². The minimum atomic E-state index is -1.08. The van der Waals surface area contributed by atoms with Gasteiger partial charge in [-0.1, -0.05) is 48.5 Å². The summed E-state index contributed by atoms with van der Waals surface area (Å²) < 4.78 is 10.5. The average Bonchev–Trinajstić information content (AvgIpc) is 2.83. The molecule has 0 heterocycles. The third-order valence-corrected chi connectivity index (χ3v) is 4.70. The first-order chi connectivity index (χ1) is 15.5. The van der Waals surface area contributed by atoms with Crippen molar-refractivity contribution in [3.8, 4) is 5.75 Å². The van der Waals surface area contributed by atoms with Crippen molar-refractivity contribution in [1.29, 1.82) is 0 Å². The van der Waals surface area contributed by atoms with Crippen molar-refractivity contribution < 1.29 is 23.9 Å². The Bertz CT molecular complexity index is 1050. The molecule has 0 aliphatic carbocycles. The molecule has 0 aromatic heterocycles. The van der Waals surface area contributed by atoms with Gasteiger partial charge in [0.25, 0.3) is 11.8 Å². The Morgan fingerprint density at radius 2 is 1.41 bits per heavy atom. The monoisotopic (exact) mass is 432 g/mol. The minimum Gasteiger partial charge on any atom is -0.497 e. The molecule has 7 nitrogen and oxygen atoms in total. The minimum absolute atomic E-state index is 0.409. The first-order valence-corrected chi connectivity index (χ1v) is 10.0. The van der Waals surface area contributed by atoms with Gasteiger partial charge in [0.05, 0.1) is 7.11 Å². The van der Waals surface area contributed by atoms with Gasteiger partial charge in [0.2, 0.25) is 0 Å². The van der Waals surface area contributed by atoms with Crippen LogP contribution in [-0.2, 0) is 14.3 Å². The van der Waals surface area contributed by atoms with E-state index in [0.29, 0.717) is 22.6 Å². The van der Waals surface area contributed by atoms with Crippen molar-refractivity contribution in [2.45, 2.75) is 19.1 Å². The Morgan fingerprint density at radius 1 is 0.812 bits per heavy atom. The third-order valence-electron chi connectivity index (χ3n) is 4.70. The molecule has 2 N–H and O–H groups in total. The highest BCUT2D eigenvalue weighted by Crippen LogP contribution is 2.18. The summed E-state index contributed by atoms with van der Waals surface area (Å²) in [5, 5.41) is 5.38. The van der Waals surface area contributed by atoms with Gasteiger partial charge in [0, 0.05) is 11.3 Å². The highest BCUT2D eigenvalue weighted by molar-refractivity contribution is 5.98. The molecule has 3 aromatic carbocycles. The number of carbonyl (C=O) groups is 3. The lowest BCUT2D eigenvalue weighted by Crippen LogP contribution is -2.38. The lowest BCUT2D eigenvalue weighted by atomic mass is 10.1. The second kappa shape index (κ2) is 10.8. The predicted octanol–water partition coefficient (Wildman–Crippen LogP) is 3.74. The molecule has 0 bridgehead atoms. The maximum Gasteiger partial charge on any atom is 0.334 e. The predicted molar refractivity (Wildman–Crippen MR) is 120 cm³/mol. The number of methoxy groups -OCH3 is 1. The van der Waals surface area contributed by atoms with Gasteiger partial charge >= 0.3 is 5.97 Å². The molecule has 164 valence electrons. The number of anilines is 1. The van der Waals surface area contributed by atoms with Gasteiger partial charge in [-0.05, 0) is 48.9 Å². The number of hydrogen-bond donors (Lipinski definition) is 2. The van der Waals surface area contributed by atoms with Gasteiger partial charge in [-0.3, -0.25) is 9.59 Å². The van der Waals surface area contributed by atoms with Crippen LogP contribution in [0.2, 0.25) is 0 Å². The Balaban J connectivity index is 1.69. The highest BCUT2D eigenvalue weighted by Gasteiger charge is 2.28. The van der Waals surface area contributed by atoms with Crippen LogP contribution in [0.1, 0.15) is 28.9 Å². The van der Waals surface area contributed by atoms with E-state index < -0.39 is 29.9 Å². The second-order valence-corrected chi connectivity index (χ2v) is 6.98. The standard InChI is InChI=1S/C25H24N2O5/c1-17(23(28)26-20-13-15-21(31-2)16-14-20)32-25(30)22(18-9-5-3-6-10-18)27-24(29)19-11-7-4-8-12-19/h3-17,22H,1-2H3,(H,26,28)(H,27,29)/t17-,22-/m0/s1. The number of carbonyl (C=O) groups excluding carboxylic acids is 3. The van der Waals surface area contributed by atoms with Crippen molar-refractivity contribution in [2.75, 3.05) is 12.4 Å². The van der Waals surface area contributed by atoms with E-state index >= 15 is 0 Å². The van der Waals surface area contributed by atoms with Crippen LogP contribution < -0.4 is 15.4 Å². The molecule has 0 saturated heterocycles. The Kier molecular flexibility index (Phi) is 7.59. The fourth-order valence-corrected chi connectivity index (χ4v) is 2.94. The topological polar surface area (TPSA) is 93.7 Å². The van der Waals surface area contributed by atoms with Crippen molar-refractivity contribution in [3.63, 3.8) is 0 Å². The van der Waals surface area contributed by atoms with Crippen LogP contribution in [0.25, 0.3) is 0 Å². The van der Waals surface area contributed by atoms with Crippen LogP contribution in [0.4, 0.5) is 5.69 Å². The third kappa shape index (κ3) is 5.95. The number of nitrogens with one attached hydrogen (secondary N) is 2. The van der Waals surface area contributed by atoms with E-state index in [9.17, 15) is 14.4 Å². The summed E-state index contributed by atoms with van der Waals surface area (Å²) in [5.74, 6) is -1.00. The van der Waals surface area contributed by atoms with E-state index in [1.807, 2.05) is 0 Å². The molecule has 0 radical (unpaired) electrons. The van der Waals surface area contributed by atoms with E-state index in [-0.39, 0.29) is 0 Å². The molecule has 2 amide bonds. The van der Waals surface area contributed by atoms with Gasteiger partial charge < -0.3 is 20.1 Å². The molecule has 0 saturated carbocycles. The van der Waals surface area contributed by atoms with Gasteiger partial charge in [-0.2, -0.15) is 0 Å². The maximum atomic E-state index is 12.9. The van der Waals surface area contributed by atoms with Crippen LogP contribution in [0.15, 0.2) is 84.9 Å². The summed E-state index contributed by atoms with van der Waals surface area (Å²) in [5.41, 5.74) is 1.49. The van der Waals surface area contributed by atoms with Crippen molar-refractivity contribution in [3.05, 3.63) is 96.1 Å². The molecule has 32 heavy (non-hydrogen) atoms.